The Hall–Kier alpha value is -2.35. The number of hydrogen-bond donors (Lipinski definition) is 0. The third-order valence-corrected chi connectivity index (χ3v) is 8.15. The highest BCUT2D eigenvalue weighted by Crippen LogP contribution is 2.35. The lowest BCUT2D eigenvalue weighted by molar-refractivity contribution is 0.0273. The number of hydrogen-bond acceptors (Lipinski definition) is 7. The average Bonchev–Trinajstić information content (AvgIpc) is 3.41. The number of allylic oxidation sites excluding steroid dienone is 2. The summed E-state index contributed by atoms with van der Waals surface area (Å²) >= 11 is 0. The molecule has 4 aliphatic rings. The zero-order valence-corrected chi connectivity index (χ0v) is 21.7. The van der Waals surface area contributed by atoms with E-state index in [4.69, 9.17) is 18.7 Å². The second-order valence-electron chi connectivity index (χ2n) is 11.3. The van der Waals surface area contributed by atoms with Crippen molar-refractivity contribution >= 4 is 11.0 Å². The lowest BCUT2D eigenvalue weighted by Gasteiger charge is -2.35. The molecule has 2 aromatic rings. The summed E-state index contributed by atoms with van der Waals surface area (Å²) in [7, 11) is 4.17. The molecule has 2 unspecified atom stereocenters. The Morgan fingerprint density at radius 1 is 1.11 bits per heavy atom. The number of aromatic nitrogens is 1. The number of fused-ring (bicyclic) bond motifs is 2. The molecular weight excluding hydrogens is 454 g/mol. The van der Waals surface area contributed by atoms with Crippen molar-refractivity contribution in [2.75, 3.05) is 47.1 Å². The molecule has 7 heteroatoms. The van der Waals surface area contributed by atoms with Crippen molar-refractivity contribution in [1.29, 1.82) is 0 Å². The van der Waals surface area contributed by atoms with Crippen LogP contribution in [0.5, 0.6) is 5.75 Å². The van der Waals surface area contributed by atoms with Crippen LogP contribution < -0.4 is 4.74 Å². The Bertz CT molecular complexity index is 1110. The molecule has 0 radical (unpaired) electrons. The highest BCUT2D eigenvalue weighted by Gasteiger charge is 2.34. The molecule has 3 fully saturated rings. The average molecular weight is 494 g/mol. The summed E-state index contributed by atoms with van der Waals surface area (Å²) in [5.41, 5.74) is 3.11. The molecule has 6 rings (SSSR count). The predicted molar refractivity (Wildman–Crippen MR) is 139 cm³/mol. The molecule has 0 N–H and O–H groups in total. The van der Waals surface area contributed by atoms with Crippen molar-refractivity contribution in [3.63, 3.8) is 0 Å². The van der Waals surface area contributed by atoms with Crippen LogP contribution in [0.2, 0.25) is 0 Å². The molecule has 3 heterocycles. The summed E-state index contributed by atoms with van der Waals surface area (Å²) in [6, 6.07) is 4.28. The van der Waals surface area contributed by atoms with Gasteiger partial charge in [0.1, 0.15) is 17.6 Å². The van der Waals surface area contributed by atoms with E-state index in [9.17, 15) is 0 Å². The highest BCUT2D eigenvalue weighted by atomic mass is 16.7. The number of likely N-dealkylation sites (tertiary alicyclic amines) is 1. The number of piperidine rings is 1. The normalized spacial score (nSPS) is 24.8. The topological polar surface area (TPSA) is 60.2 Å². The molecule has 0 bridgehead atoms. The minimum atomic E-state index is 0.102. The van der Waals surface area contributed by atoms with Crippen molar-refractivity contribution in [2.45, 2.75) is 51.2 Å². The van der Waals surface area contributed by atoms with Gasteiger partial charge in [-0.05, 0) is 95.8 Å². The van der Waals surface area contributed by atoms with Crippen molar-refractivity contribution < 1.29 is 18.7 Å². The fraction of sp³-hybridized carbons (Fsp3) is 0.621. The van der Waals surface area contributed by atoms with Crippen LogP contribution in [0.25, 0.3) is 11.0 Å². The second-order valence-corrected chi connectivity index (χ2v) is 11.3. The van der Waals surface area contributed by atoms with Crippen LogP contribution >= 0.6 is 0 Å². The Morgan fingerprint density at radius 3 is 2.78 bits per heavy atom. The molecule has 1 aromatic carbocycles. The lowest BCUT2D eigenvalue weighted by Crippen LogP contribution is -2.40. The van der Waals surface area contributed by atoms with Gasteiger partial charge in [0.15, 0.2) is 12.4 Å². The van der Waals surface area contributed by atoms with Gasteiger partial charge in [-0.15, -0.1) is 0 Å². The summed E-state index contributed by atoms with van der Waals surface area (Å²) in [4.78, 5) is 4.76. The van der Waals surface area contributed by atoms with E-state index in [0.717, 1.165) is 91.2 Å². The number of ether oxygens (including phenoxy) is 3. The largest absolute Gasteiger partial charge is 0.493 e. The van der Waals surface area contributed by atoms with Gasteiger partial charge in [0.25, 0.3) is 0 Å². The summed E-state index contributed by atoms with van der Waals surface area (Å²) in [5.74, 6) is 3.79. The maximum atomic E-state index is 6.18. The van der Waals surface area contributed by atoms with Gasteiger partial charge in [-0.1, -0.05) is 17.3 Å². The molecule has 2 aliphatic carbocycles. The first-order valence-corrected chi connectivity index (χ1v) is 13.7. The molecular formula is C29H39N3O4. The SMILES string of the molecule is CN(C)Cc1c(OCC2CC2)ccc2c(CCC3CCN(CC4C=CC=C5OCOC54)CC3)noc12. The Kier molecular flexibility index (Phi) is 7.04. The summed E-state index contributed by atoms with van der Waals surface area (Å²) < 4.78 is 23.5. The molecule has 2 atom stereocenters. The van der Waals surface area contributed by atoms with Crippen LogP contribution in [-0.4, -0.2) is 68.2 Å². The standard InChI is InChI=1S/C29H39N3O4/c1-31(2)17-24-26(33-18-21-6-7-21)11-9-23-25(30-36-29(23)24)10-8-20-12-14-32(15-13-20)16-22-4-3-5-27-28(22)35-19-34-27/h3-5,9,11,20-22,28H,6-8,10,12-19H2,1-2H3. The number of nitrogens with zero attached hydrogens (tertiary/aromatic N) is 3. The van der Waals surface area contributed by atoms with Crippen LogP contribution in [0.4, 0.5) is 0 Å². The van der Waals surface area contributed by atoms with Crippen LogP contribution in [0.3, 0.4) is 0 Å². The third-order valence-electron chi connectivity index (χ3n) is 8.15. The molecule has 1 saturated carbocycles. The zero-order valence-electron chi connectivity index (χ0n) is 21.7. The van der Waals surface area contributed by atoms with E-state index in [-0.39, 0.29) is 6.10 Å². The van der Waals surface area contributed by atoms with Crippen LogP contribution in [0, 0.1) is 17.8 Å². The van der Waals surface area contributed by atoms with Crippen LogP contribution in [0.15, 0.2) is 40.6 Å². The number of aryl methyl sites for hydroxylation is 1. The minimum Gasteiger partial charge on any atom is -0.493 e. The van der Waals surface area contributed by atoms with E-state index < -0.39 is 0 Å². The summed E-state index contributed by atoms with van der Waals surface area (Å²) in [5, 5.41) is 5.67. The summed E-state index contributed by atoms with van der Waals surface area (Å²) in [6.45, 7) is 5.32. The quantitative estimate of drug-likeness (QED) is 0.473. The molecule has 194 valence electrons. The van der Waals surface area contributed by atoms with Gasteiger partial charge < -0.3 is 28.5 Å². The molecule has 1 aromatic heterocycles. The van der Waals surface area contributed by atoms with E-state index >= 15 is 0 Å². The monoisotopic (exact) mass is 493 g/mol. The van der Waals surface area contributed by atoms with Crippen molar-refractivity contribution in [2.24, 2.45) is 17.8 Å². The minimum absolute atomic E-state index is 0.102. The lowest BCUT2D eigenvalue weighted by atomic mass is 9.89. The molecule has 2 aliphatic heterocycles. The first-order chi connectivity index (χ1) is 17.6. The first kappa shape index (κ1) is 24.0. The number of rotatable bonds is 10. The fourth-order valence-corrected chi connectivity index (χ4v) is 5.83. The van der Waals surface area contributed by atoms with E-state index in [1.54, 1.807) is 0 Å². The molecule has 0 spiro atoms. The third kappa shape index (κ3) is 5.34. The maximum Gasteiger partial charge on any atom is 0.189 e. The fourth-order valence-electron chi connectivity index (χ4n) is 5.83. The van der Waals surface area contributed by atoms with E-state index in [1.807, 2.05) is 6.08 Å². The van der Waals surface area contributed by atoms with E-state index in [1.165, 1.54) is 25.7 Å². The van der Waals surface area contributed by atoms with Crippen LogP contribution in [0.1, 0.15) is 43.4 Å². The molecule has 36 heavy (non-hydrogen) atoms. The first-order valence-electron chi connectivity index (χ1n) is 13.7. The van der Waals surface area contributed by atoms with Gasteiger partial charge in [0.2, 0.25) is 0 Å². The van der Waals surface area contributed by atoms with Gasteiger partial charge in [-0.25, -0.2) is 0 Å². The maximum absolute atomic E-state index is 6.18. The van der Waals surface area contributed by atoms with Gasteiger partial charge >= 0.3 is 0 Å². The second kappa shape index (κ2) is 10.6. The smallest absolute Gasteiger partial charge is 0.189 e. The van der Waals surface area contributed by atoms with Gasteiger partial charge in [-0.2, -0.15) is 0 Å². The van der Waals surface area contributed by atoms with Gasteiger partial charge in [0, 0.05) is 24.4 Å². The van der Waals surface area contributed by atoms with Crippen molar-refractivity contribution in [3.8, 4) is 5.75 Å². The van der Waals surface area contributed by atoms with E-state index in [2.05, 4.69) is 53.3 Å². The Labute approximate surface area is 214 Å². The zero-order chi connectivity index (χ0) is 24.5. The Morgan fingerprint density at radius 2 is 1.97 bits per heavy atom. The highest BCUT2D eigenvalue weighted by molar-refractivity contribution is 5.84. The molecule has 7 nitrogen and oxygen atoms in total. The van der Waals surface area contributed by atoms with Crippen molar-refractivity contribution in [1.82, 2.24) is 15.0 Å². The van der Waals surface area contributed by atoms with Crippen LogP contribution in [-0.2, 0) is 22.4 Å². The Balaban J connectivity index is 1.04. The van der Waals surface area contributed by atoms with E-state index in [0.29, 0.717) is 12.7 Å². The van der Waals surface area contributed by atoms with Gasteiger partial charge in [0.05, 0.1) is 17.9 Å². The summed E-state index contributed by atoms with van der Waals surface area (Å²) in [6.07, 6.45) is 13.7. The molecule has 0 amide bonds. The van der Waals surface area contributed by atoms with Gasteiger partial charge in [-0.3, -0.25) is 0 Å². The van der Waals surface area contributed by atoms with Crippen molar-refractivity contribution in [3.05, 3.63) is 47.4 Å². The molecule has 2 saturated heterocycles. The number of benzene rings is 1. The predicted octanol–water partition coefficient (Wildman–Crippen LogP) is 4.77.